The summed E-state index contributed by atoms with van der Waals surface area (Å²) in [6.45, 7) is 6.24. The summed E-state index contributed by atoms with van der Waals surface area (Å²) in [5.74, 6) is 1.02. The largest absolute Gasteiger partial charge is 0.380 e. The van der Waals surface area contributed by atoms with Gasteiger partial charge in [-0.1, -0.05) is 0 Å². The molecular weight excluding hydrogens is 264 g/mol. The number of hydrogen-bond donors (Lipinski definition) is 1. The lowest BCUT2D eigenvalue weighted by molar-refractivity contribution is 0.122. The van der Waals surface area contributed by atoms with Gasteiger partial charge in [0.25, 0.3) is 0 Å². The van der Waals surface area contributed by atoms with Crippen LogP contribution >= 0.6 is 0 Å². The fraction of sp³-hybridized carbons (Fsp3) is 0.375. The van der Waals surface area contributed by atoms with E-state index >= 15 is 0 Å². The van der Waals surface area contributed by atoms with Gasteiger partial charge in [-0.2, -0.15) is 0 Å². The molecule has 0 unspecified atom stereocenters. The van der Waals surface area contributed by atoms with Crippen molar-refractivity contribution in [2.24, 2.45) is 0 Å². The van der Waals surface area contributed by atoms with Crippen molar-refractivity contribution in [3.8, 4) is 0 Å². The number of aryl methyl sites for hydroxylation is 1. The summed E-state index contributed by atoms with van der Waals surface area (Å²) in [6, 6.07) is 6.16. The van der Waals surface area contributed by atoms with Gasteiger partial charge in [0, 0.05) is 32.0 Å². The van der Waals surface area contributed by atoms with Crippen LogP contribution in [0.2, 0.25) is 0 Å². The SMILES string of the molecule is Cc1ccncc1CNc1ccc(N2CCOCC2)nc1. The minimum Gasteiger partial charge on any atom is -0.380 e. The van der Waals surface area contributed by atoms with Crippen LogP contribution in [-0.4, -0.2) is 36.3 Å². The summed E-state index contributed by atoms with van der Waals surface area (Å²) in [6.07, 6.45) is 5.60. The Bertz CT molecular complexity index is 579. The van der Waals surface area contributed by atoms with Crippen molar-refractivity contribution in [3.05, 3.63) is 47.9 Å². The maximum atomic E-state index is 5.36. The first-order chi connectivity index (χ1) is 10.3. The van der Waals surface area contributed by atoms with E-state index in [0.29, 0.717) is 0 Å². The number of aromatic nitrogens is 2. The zero-order chi connectivity index (χ0) is 14.5. The predicted molar refractivity (Wildman–Crippen MR) is 83.6 cm³/mol. The molecule has 21 heavy (non-hydrogen) atoms. The molecule has 5 nitrogen and oxygen atoms in total. The molecule has 1 saturated heterocycles. The van der Waals surface area contributed by atoms with E-state index in [4.69, 9.17) is 4.74 Å². The standard InChI is InChI=1S/C16H20N4O/c1-13-4-5-17-10-14(13)11-18-15-2-3-16(19-12-15)20-6-8-21-9-7-20/h2-5,10,12,18H,6-9,11H2,1H3. The number of anilines is 2. The molecule has 0 aliphatic carbocycles. The molecule has 5 heteroatoms. The van der Waals surface area contributed by atoms with Crippen molar-refractivity contribution in [2.75, 3.05) is 36.5 Å². The number of morpholine rings is 1. The average molecular weight is 284 g/mol. The van der Waals surface area contributed by atoms with Crippen molar-refractivity contribution in [3.63, 3.8) is 0 Å². The summed E-state index contributed by atoms with van der Waals surface area (Å²) in [4.78, 5) is 10.9. The molecule has 110 valence electrons. The molecule has 2 aromatic heterocycles. The Kier molecular flexibility index (Phi) is 4.31. The summed E-state index contributed by atoms with van der Waals surface area (Å²) in [5.41, 5.74) is 3.47. The molecular formula is C16H20N4O. The summed E-state index contributed by atoms with van der Waals surface area (Å²) in [5, 5.41) is 3.39. The molecule has 0 saturated carbocycles. The molecule has 2 aromatic rings. The van der Waals surface area contributed by atoms with Gasteiger partial charge >= 0.3 is 0 Å². The number of nitrogens with zero attached hydrogens (tertiary/aromatic N) is 3. The summed E-state index contributed by atoms with van der Waals surface area (Å²) < 4.78 is 5.36. The van der Waals surface area contributed by atoms with Crippen LogP contribution in [0.25, 0.3) is 0 Å². The van der Waals surface area contributed by atoms with E-state index in [1.165, 1.54) is 11.1 Å². The van der Waals surface area contributed by atoms with Crippen molar-refractivity contribution in [1.82, 2.24) is 9.97 Å². The first-order valence-corrected chi connectivity index (χ1v) is 7.25. The third-order valence-corrected chi connectivity index (χ3v) is 3.71. The van der Waals surface area contributed by atoms with Crippen LogP contribution < -0.4 is 10.2 Å². The molecule has 1 aliphatic heterocycles. The fourth-order valence-corrected chi connectivity index (χ4v) is 2.35. The van der Waals surface area contributed by atoms with Gasteiger partial charge in [-0.15, -0.1) is 0 Å². The Labute approximate surface area is 125 Å². The monoisotopic (exact) mass is 284 g/mol. The Balaban J connectivity index is 1.60. The minimum atomic E-state index is 0.762. The molecule has 0 bridgehead atoms. The van der Waals surface area contributed by atoms with Crippen LogP contribution in [0.15, 0.2) is 36.8 Å². The van der Waals surface area contributed by atoms with Gasteiger partial charge in [0.15, 0.2) is 0 Å². The van der Waals surface area contributed by atoms with Crippen LogP contribution in [0.3, 0.4) is 0 Å². The molecule has 0 amide bonds. The maximum Gasteiger partial charge on any atom is 0.128 e. The van der Waals surface area contributed by atoms with Gasteiger partial charge in [0.2, 0.25) is 0 Å². The van der Waals surface area contributed by atoms with E-state index in [-0.39, 0.29) is 0 Å². The third-order valence-electron chi connectivity index (χ3n) is 3.71. The second kappa shape index (κ2) is 6.54. The van der Waals surface area contributed by atoms with E-state index < -0.39 is 0 Å². The molecule has 1 fully saturated rings. The number of ether oxygens (including phenoxy) is 1. The first kappa shape index (κ1) is 13.8. The average Bonchev–Trinajstić information content (AvgIpc) is 2.55. The van der Waals surface area contributed by atoms with Crippen LogP contribution in [0.5, 0.6) is 0 Å². The minimum absolute atomic E-state index is 0.762. The number of hydrogen-bond acceptors (Lipinski definition) is 5. The molecule has 0 spiro atoms. The number of nitrogens with one attached hydrogen (secondary N) is 1. The van der Waals surface area contributed by atoms with E-state index in [1.807, 2.05) is 24.7 Å². The summed E-state index contributed by atoms with van der Waals surface area (Å²) >= 11 is 0. The van der Waals surface area contributed by atoms with Crippen LogP contribution in [0.4, 0.5) is 11.5 Å². The number of pyridine rings is 2. The van der Waals surface area contributed by atoms with Crippen molar-refractivity contribution in [2.45, 2.75) is 13.5 Å². The van der Waals surface area contributed by atoms with Crippen LogP contribution in [0, 0.1) is 6.92 Å². The van der Waals surface area contributed by atoms with Crippen molar-refractivity contribution in [1.29, 1.82) is 0 Å². The lowest BCUT2D eigenvalue weighted by Gasteiger charge is -2.27. The Morgan fingerprint density at radius 3 is 2.76 bits per heavy atom. The first-order valence-electron chi connectivity index (χ1n) is 7.25. The highest BCUT2D eigenvalue weighted by Crippen LogP contribution is 2.16. The van der Waals surface area contributed by atoms with E-state index in [0.717, 1.165) is 44.4 Å². The van der Waals surface area contributed by atoms with Gasteiger partial charge in [-0.25, -0.2) is 4.98 Å². The van der Waals surface area contributed by atoms with Crippen LogP contribution in [0.1, 0.15) is 11.1 Å². The molecule has 0 atom stereocenters. The van der Waals surface area contributed by atoms with Crippen molar-refractivity contribution >= 4 is 11.5 Å². The molecule has 3 heterocycles. The predicted octanol–water partition coefficient (Wildman–Crippen LogP) is 2.23. The smallest absolute Gasteiger partial charge is 0.128 e. The lowest BCUT2D eigenvalue weighted by atomic mass is 10.1. The molecule has 1 aliphatic rings. The summed E-state index contributed by atoms with van der Waals surface area (Å²) in [7, 11) is 0. The molecule has 3 rings (SSSR count). The van der Waals surface area contributed by atoms with E-state index in [2.05, 4.69) is 39.2 Å². The topological polar surface area (TPSA) is 50.3 Å². The van der Waals surface area contributed by atoms with Crippen molar-refractivity contribution < 1.29 is 4.74 Å². The van der Waals surface area contributed by atoms with Gasteiger partial charge < -0.3 is 15.0 Å². The quantitative estimate of drug-likeness (QED) is 0.933. The highest BCUT2D eigenvalue weighted by atomic mass is 16.5. The van der Waals surface area contributed by atoms with Gasteiger partial charge in [-0.3, -0.25) is 4.98 Å². The maximum absolute atomic E-state index is 5.36. The molecule has 1 N–H and O–H groups in total. The molecule has 0 aromatic carbocycles. The molecule has 0 radical (unpaired) electrons. The highest BCUT2D eigenvalue weighted by molar-refractivity contribution is 5.49. The third kappa shape index (κ3) is 3.49. The lowest BCUT2D eigenvalue weighted by Crippen LogP contribution is -2.36. The fourth-order valence-electron chi connectivity index (χ4n) is 2.35. The second-order valence-corrected chi connectivity index (χ2v) is 5.16. The Morgan fingerprint density at radius 2 is 2.05 bits per heavy atom. The van der Waals surface area contributed by atoms with Crippen LogP contribution in [-0.2, 0) is 11.3 Å². The second-order valence-electron chi connectivity index (χ2n) is 5.16. The zero-order valence-electron chi connectivity index (χ0n) is 12.2. The van der Waals surface area contributed by atoms with Gasteiger partial charge in [-0.05, 0) is 36.2 Å². The van der Waals surface area contributed by atoms with E-state index in [1.54, 1.807) is 0 Å². The zero-order valence-corrected chi connectivity index (χ0v) is 12.2. The van der Waals surface area contributed by atoms with Gasteiger partial charge in [0.05, 0.1) is 25.1 Å². The highest BCUT2D eigenvalue weighted by Gasteiger charge is 2.11. The van der Waals surface area contributed by atoms with E-state index in [9.17, 15) is 0 Å². The normalized spacial score (nSPS) is 15.0. The van der Waals surface area contributed by atoms with Gasteiger partial charge in [0.1, 0.15) is 5.82 Å². The Hall–Kier alpha value is -2.14. The number of rotatable bonds is 4. The Morgan fingerprint density at radius 1 is 1.19 bits per heavy atom.